The van der Waals surface area contributed by atoms with Gasteiger partial charge in [-0.15, -0.1) is 0 Å². The van der Waals surface area contributed by atoms with E-state index in [1.165, 1.54) is 6.08 Å². The quantitative estimate of drug-likeness (QED) is 0.519. The van der Waals surface area contributed by atoms with E-state index in [0.29, 0.717) is 11.4 Å². The molecule has 98 valence electrons. The molecule has 0 saturated heterocycles. The van der Waals surface area contributed by atoms with Gasteiger partial charge < -0.3 is 14.9 Å². The lowest BCUT2D eigenvalue weighted by atomic mass is 10.1. The minimum absolute atomic E-state index is 0.162. The molecule has 1 aromatic heterocycles. The Hall–Kier alpha value is -2.49. The lowest BCUT2D eigenvalue weighted by molar-refractivity contribution is 0.0514. The molecule has 19 heavy (non-hydrogen) atoms. The Kier molecular flexibility index (Phi) is 3.71. The third-order valence-electron chi connectivity index (χ3n) is 2.66. The standard InChI is InChI=1S/C15H15NO3/c1-3-8-18-15(17)14-7-6-13(19-14)12-5-4-11(16)9-10(12)2/h3-7,9H,1,8,16H2,2H3. The minimum Gasteiger partial charge on any atom is -0.456 e. The number of nitrogen functional groups attached to an aromatic ring is 1. The van der Waals surface area contributed by atoms with Gasteiger partial charge >= 0.3 is 5.97 Å². The zero-order valence-corrected chi connectivity index (χ0v) is 10.7. The van der Waals surface area contributed by atoms with E-state index in [1.807, 2.05) is 19.1 Å². The van der Waals surface area contributed by atoms with Crippen LogP contribution in [0.25, 0.3) is 11.3 Å². The molecular formula is C15H15NO3. The highest BCUT2D eigenvalue weighted by Crippen LogP contribution is 2.27. The second kappa shape index (κ2) is 5.44. The molecular weight excluding hydrogens is 242 g/mol. The van der Waals surface area contributed by atoms with Crippen molar-refractivity contribution in [2.24, 2.45) is 0 Å². The molecule has 1 aromatic carbocycles. The molecule has 0 bridgehead atoms. The van der Waals surface area contributed by atoms with Crippen LogP contribution in [0.5, 0.6) is 0 Å². The SMILES string of the molecule is C=CCOC(=O)c1ccc(-c2ccc(N)cc2C)o1. The number of ether oxygens (including phenoxy) is 1. The van der Waals surface area contributed by atoms with E-state index in [4.69, 9.17) is 14.9 Å². The maximum absolute atomic E-state index is 11.6. The molecule has 0 aliphatic rings. The van der Waals surface area contributed by atoms with Gasteiger partial charge in [-0.05, 0) is 42.8 Å². The molecule has 0 amide bonds. The normalized spacial score (nSPS) is 10.2. The molecule has 4 heteroatoms. The van der Waals surface area contributed by atoms with Crippen molar-refractivity contribution >= 4 is 11.7 Å². The summed E-state index contributed by atoms with van der Waals surface area (Å²) in [6.45, 7) is 5.58. The largest absolute Gasteiger partial charge is 0.456 e. The summed E-state index contributed by atoms with van der Waals surface area (Å²) in [7, 11) is 0. The molecule has 2 N–H and O–H groups in total. The summed E-state index contributed by atoms with van der Waals surface area (Å²) in [5, 5.41) is 0. The summed E-state index contributed by atoms with van der Waals surface area (Å²) < 4.78 is 10.4. The van der Waals surface area contributed by atoms with Gasteiger partial charge in [-0.25, -0.2) is 4.79 Å². The monoisotopic (exact) mass is 257 g/mol. The highest BCUT2D eigenvalue weighted by atomic mass is 16.5. The van der Waals surface area contributed by atoms with E-state index in [9.17, 15) is 4.79 Å². The summed E-state index contributed by atoms with van der Waals surface area (Å²) in [4.78, 5) is 11.6. The van der Waals surface area contributed by atoms with Crippen LogP contribution in [0.1, 0.15) is 16.1 Å². The van der Waals surface area contributed by atoms with Crippen LogP contribution in [0.2, 0.25) is 0 Å². The van der Waals surface area contributed by atoms with Gasteiger partial charge in [0.05, 0.1) is 0 Å². The van der Waals surface area contributed by atoms with Crippen molar-refractivity contribution in [2.45, 2.75) is 6.92 Å². The number of aryl methyl sites for hydroxylation is 1. The number of anilines is 1. The highest BCUT2D eigenvalue weighted by Gasteiger charge is 2.14. The van der Waals surface area contributed by atoms with Crippen molar-refractivity contribution in [3.63, 3.8) is 0 Å². The Morgan fingerprint density at radius 2 is 2.21 bits per heavy atom. The second-order valence-corrected chi connectivity index (χ2v) is 4.13. The first-order chi connectivity index (χ1) is 9.11. The Bertz CT molecular complexity index is 614. The Morgan fingerprint density at radius 3 is 2.89 bits per heavy atom. The second-order valence-electron chi connectivity index (χ2n) is 4.13. The Labute approximate surface area is 111 Å². The molecule has 0 fully saturated rings. The smallest absolute Gasteiger partial charge is 0.374 e. The van der Waals surface area contributed by atoms with E-state index in [-0.39, 0.29) is 12.4 Å². The Morgan fingerprint density at radius 1 is 1.42 bits per heavy atom. The van der Waals surface area contributed by atoms with Gasteiger partial charge in [-0.1, -0.05) is 12.7 Å². The number of furan rings is 1. The molecule has 0 radical (unpaired) electrons. The first kappa shape index (κ1) is 13.0. The summed E-state index contributed by atoms with van der Waals surface area (Å²) in [6.07, 6.45) is 1.51. The van der Waals surface area contributed by atoms with Gasteiger partial charge in [-0.2, -0.15) is 0 Å². The highest BCUT2D eigenvalue weighted by molar-refractivity contribution is 5.87. The first-order valence-corrected chi connectivity index (χ1v) is 5.86. The van der Waals surface area contributed by atoms with Crippen LogP contribution in [0.3, 0.4) is 0 Å². The van der Waals surface area contributed by atoms with Gasteiger partial charge in [0, 0.05) is 11.3 Å². The number of esters is 1. The number of nitrogens with two attached hydrogens (primary N) is 1. The van der Waals surface area contributed by atoms with Gasteiger partial charge in [0.15, 0.2) is 0 Å². The fraction of sp³-hybridized carbons (Fsp3) is 0.133. The zero-order chi connectivity index (χ0) is 13.8. The molecule has 2 aromatic rings. The van der Waals surface area contributed by atoms with Crippen molar-refractivity contribution in [3.05, 3.63) is 54.3 Å². The Balaban J connectivity index is 2.25. The summed E-state index contributed by atoms with van der Waals surface area (Å²) in [5.74, 6) is 0.287. The molecule has 1 heterocycles. The first-order valence-electron chi connectivity index (χ1n) is 5.86. The third kappa shape index (κ3) is 2.85. The number of hydrogen-bond acceptors (Lipinski definition) is 4. The van der Waals surface area contributed by atoms with Crippen LogP contribution < -0.4 is 5.73 Å². The fourth-order valence-corrected chi connectivity index (χ4v) is 1.76. The lowest BCUT2D eigenvalue weighted by Crippen LogP contribution is -2.03. The zero-order valence-electron chi connectivity index (χ0n) is 10.7. The molecule has 0 spiro atoms. The number of hydrogen-bond donors (Lipinski definition) is 1. The molecule has 2 rings (SSSR count). The molecule has 0 saturated carbocycles. The van der Waals surface area contributed by atoms with Crippen LogP contribution in [-0.2, 0) is 4.74 Å². The van der Waals surface area contributed by atoms with E-state index in [2.05, 4.69) is 6.58 Å². The van der Waals surface area contributed by atoms with Crippen LogP contribution >= 0.6 is 0 Å². The molecule has 0 atom stereocenters. The van der Waals surface area contributed by atoms with Gasteiger partial charge in [0.1, 0.15) is 12.4 Å². The average molecular weight is 257 g/mol. The van der Waals surface area contributed by atoms with Crippen LogP contribution in [0, 0.1) is 6.92 Å². The van der Waals surface area contributed by atoms with Crippen LogP contribution in [-0.4, -0.2) is 12.6 Å². The fourth-order valence-electron chi connectivity index (χ4n) is 1.76. The van der Waals surface area contributed by atoms with Crippen LogP contribution in [0.4, 0.5) is 5.69 Å². The van der Waals surface area contributed by atoms with Crippen molar-refractivity contribution < 1.29 is 13.9 Å². The number of rotatable bonds is 4. The van der Waals surface area contributed by atoms with Gasteiger partial charge in [0.25, 0.3) is 0 Å². The van der Waals surface area contributed by atoms with Crippen molar-refractivity contribution in [1.82, 2.24) is 0 Å². The van der Waals surface area contributed by atoms with E-state index in [1.54, 1.807) is 18.2 Å². The van der Waals surface area contributed by atoms with E-state index < -0.39 is 5.97 Å². The van der Waals surface area contributed by atoms with Gasteiger partial charge in [-0.3, -0.25) is 0 Å². The molecule has 4 nitrogen and oxygen atoms in total. The number of carbonyl (C=O) groups is 1. The average Bonchev–Trinajstić information content (AvgIpc) is 2.85. The summed E-state index contributed by atoms with van der Waals surface area (Å²) in [6, 6.07) is 8.84. The van der Waals surface area contributed by atoms with Crippen molar-refractivity contribution in [3.8, 4) is 11.3 Å². The minimum atomic E-state index is -0.501. The van der Waals surface area contributed by atoms with Crippen molar-refractivity contribution in [2.75, 3.05) is 12.3 Å². The third-order valence-corrected chi connectivity index (χ3v) is 2.66. The molecule has 0 aliphatic heterocycles. The van der Waals surface area contributed by atoms with Crippen LogP contribution in [0.15, 0.2) is 47.4 Å². The predicted octanol–water partition coefficient (Wildman–Crippen LogP) is 3.18. The summed E-state index contributed by atoms with van der Waals surface area (Å²) in [5.41, 5.74) is 8.28. The number of benzene rings is 1. The predicted molar refractivity (Wildman–Crippen MR) is 73.8 cm³/mol. The molecule has 0 unspecified atom stereocenters. The molecule has 0 aliphatic carbocycles. The van der Waals surface area contributed by atoms with E-state index >= 15 is 0 Å². The van der Waals surface area contributed by atoms with E-state index in [0.717, 1.165) is 11.1 Å². The van der Waals surface area contributed by atoms with Crippen molar-refractivity contribution in [1.29, 1.82) is 0 Å². The lowest BCUT2D eigenvalue weighted by Gasteiger charge is -2.03. The number of carbonyl (C=O) groups excluding carboxylic acids is 1. The summed E-state index contributed by atoms with van der Waals surface area (Å²) >= 11 is 0. The maximum atomic E-state index is 11.6. The topological polar surface area (TPSA) is 65.5 Å². The maximum Gasteiger partial charge on any atom is 0.374 e. The van der Waals surface area contributed by atoms with Gasteiger partial charge in [0.2, 0.25) is 5.76 Å².